The molecule has 1 N–H and O–H groups in total. The summed E-state index contributed by atoms with van der Waals surface area (Å²) in [4.78, 5) is 7.12. The van der Waals surface area contributed by atoms with Gasteiger partial charge in [0.1, 0.15) is 5.82 Å². The lowest BCUT2D eigenvalue weighted by molar-refractivity contribution is 0.669. The molecule has 0 aliphatic carbocycles. The van der Waals surface area contributed by atoms with Gasteiger partial charge in [-0.3, -0.25) is 0 Å². The first-order valence-corrected chi connectivity index (χ1v) is 7.65. The van der Waals surface area contributed by atoms with Crippen molar-refractivity contribution in [2.75, 3.05) is 24.5 Å². The monoisotopic (exact) mass is 263 g/mol. The van der Waals surface area contributed by atoms with E-state index in [0.29, 0.717) is 0 Å². The summed E-state index contributed by atoms with van der Waals surface area (Å²) in [6.45, 7) is 12.9. The third-order valence-electron chi connectivity index (χ3n) is 3.41. The second-order valence-corrected chi connectivity index (χ2v) is 5.02. The van der Waals surface area contributed by atoms with Crippen LogP contribution in [0.25, 0.3) is 0 Å². The van der Waals surface area contributed by atoms with Gasteiger partial charge in [0, 0.05) is 25.3 Å². The lowest BCUT2D eigenvalue weighted by Crippen LogP contribution is -2.25. The quantitative estimate of drug-likeness (QED) is 0.691. The summed E-state index contributed by atoms with van der Waals surface area (Å²) in [6.07, 6.45) is 3.63. The van der Waals surface area contributed by atoms with Crippen LogP contribution in [0.5, 0.6) is 0 Å². The number of pyridine rings is 1. The van der Waals surface area contributed by atoms with Gasteiger partial charge in [-0.15, -0.1) is 0 Å². The van der Waals surface area contributed by atoms with Crippen LogP contribution in [-0.2, 0) is 6.54 Å². The lowest BCUT2D eigenvalue weighted by atomic mass is 10.2. The molecule has 1 aromatic rings. The molecular formula is C16H29N3. The van der Waals surface area contributed by atoms with E-state index >= 15 is 0 Å². The number of aromatic nitrogens is 1. The third-order valence-corrected chi connectivity index (χ3v) is 3.41. The van der Waals surface area contributed by atoms with Gasteiger partial charge in [0.15, 0.2) is 0 Å². The van der Waals surface area contributed by atoms with E-state index in [0.717, 1.165) is 37.7 Å². The van der Waals surface area contributed by atoms with E-state index in [9.17, 15) is 0 Å². The van der Waals surface area contributed by atoms with Gasteiger partial charge >= 0.3 is 0 Å². The van der Waals surface area contributed by atoms with E-state index in [2.05, 4.69) is 50.0 Å². The molecule has 1 aromatic heterocycles. The zero-order valence-electron chi connectivity index (χ0n) is 13.0. The number of nitrogens with zero attached hydrogens (tertiary/aromatic N) is 2. The fraction of sp³-hybridized carbons (Fsp3) is 0.688. The van der Waals surface area contributed by atoms with E-state index in [4.69, 9.17) is 4.98 Å². The largest absolute Gasteiger partial charge is 0.357 e. The maximum atomic E-state index is 4.76. The SMILES string of the molecule is CCCCN(CC)c1ccc(CNCCC)c(C)n1. The predicted octanol–water partition coefficient (Wildman–Crippen LogP) is 3.52. The van der Waals surface area contributed by atoms with Gasteiger partial charge in [-0.2, -0.15) is 0 Å². The zero-order chi connectivity index (χ0) is 14.1. The summed E-state index contributed by atoms with van der Waals surface area (Å²) in [5.41, 5.74) is 2.46. The number of rotatable bonds is 9. The van der Waals surface area contributed by atoms with Crippen LogP contribution in [0.2, 0.25) is 0 Å². The van der Waals surface area contributed by atoms with Gasteiger partial charge in [0.05, 0.1) is 0 Å². The molecule has 0 saturated carbocycles. The number of nitrogens with one attached hydrogen (secondary N) is 1. The van der Waals surface area contributed by atoms with Crippen LogP contribution in [0.4, 0.5) is 5.82 Å². The summed E-state index contributed by atoms with van der Waals surface area (Å²) >= 11 is 0. The molecule has 0 aliphatic rings. The number of hydrogen-bond acceptors (Lipinski definition) is 3. The van der Waals surface area contributed by atoms with Crippen molar-refractivity contribution in [1.29, 1.82) is 0 Å². The van der Waals surface area contributed by atoms with Gasteiger partial charge in [0.25, 0.3) is 0 Å². The lowest BCUT2D eigenvalue weighted by Gasteiger charge is -2.22. The molecule has 0 amide bonds. The number of aryl methyl sites for hydroxylation is 1. The molecule has 0 saturated heterocycles. The normalized spacial score (nSPS) is 10.7. The van der Waals surface area contributed by atoms with Crippen LogP contribution in [0, 0.1) is 6.92 Å². The van der Waals surface area contributed by atoms with E-state index in [-0.39, 0.29) is 0 Å². The molecule has 0 fully saturated rings. The van der Waals surface area contributed by atoms with Crippen LogP contribution < -0.4 is 10.2 Å². The minimum atomic E-state index is 0.925. The summed E-state index contributed by atoms with van der Waals surface area (Å²) < 4.78 is 0. The van der Waals surface area contributed by atoms with Gasteiger partial charge < -0.3 is 10.2 Å². The molecule has 0 radical (unpaired) electrons. The Labute approximate surface area is 118 Å². The van der Waals surface area contributed by atoms with Crippen molar-refractivity contribution < 1.29 is 0 Å². The van der Waals surface area contributed by atoms with Crippen LogP contribution >= 0.6 is 0 Å². The van der Waals surface area contributed by atoms with Crippen molar-refractivity contribution in [3.8, 4) is 0 Å². The van der Waals surface area contributed by atoms with Crippen molar-refractivity contribution in [2.24, 2.45) is 0 Å². The van der Waals surface area contributed by atoms with Crippen LogP contribution in [-0.4, -0.2) is 24.6 Å². The number of unbranched alkanes of at least 4 members (excludes halogenated alkanes) is 1. The Bertz CT molecular complexity index is 363. The van der Waals surface area contributed by atoms with Gasteiger partial charge in [0.2, 0.25) is 0 Å². The molecule has 0 atom stereocenters. The first kappa shape index (κ1) is 16.0. The molecule has 1 rings (SSSR count). The third kappa shape index (κ3) is 5.19. The topological polar surface area (TPSA) is 28.2 Å². The zero-order valence-corrected chi connectivity index (χ0v) is 13.0. The molecule has 0 aromatic carbocycles. The Kier molecular flexibility index (Phi) is 7.49. The maximum Gasteiger partial charge on any atom is 0.128 e. The van der Waals surface area contributed by atoms with E-state index in [1.54, 1.807) is 0 Å². The summed E-state index contributed by atoms with van der Waals surface area (Å²) in [5.74, 6) is 1.12. The Morgan fingerprint density at radius 3 is 2.53 bits per heavy atom. The van der Waals surface area contributed by atoms with Crippen LogP contribution in [0.3, 0.4) is 0 Å². The minimum absolute atomic E-state index is 0.925. The first-order valence-electron chi connectivity index (χ1n) is 7.65. The van der Waals surface area contributed by atoms with Gasteiger partial charge in [-0.1, -0.05) is 26.3 Å². The smallest absolute Gasteiger partial charge is 0.128 e. The first-order chi connectivity index (χ1) is 9.22. The van der Waals surface area contributed by atoms with Gasteiger partial charge in [-0.05, 0) is 44.9 Å². The van der Waals surface area contributed by atoms with E-state index in [1.807, 2.05) is 0 Å². The highest BCUT2D eigenvalue weighted by molar-refractivity contribution is 5.41. The Morgan fingerprint density at radius 2 is 1.95 bits per heavy atom. The number of hydrogen-bond donors (Lipinski definition) is 1. The highest BCUT2D eigenvalue weighted by Gasteiger charge is 2.07. The fourth-order valence-corrected chi connectivity index (χ4v) is 2.12. The molecule has 0 unspecified atom stereocenters. The van der Waals surface area contributed by atoms with Gasteiger partial charge in [-0.25, -0.2) is 4.98 Å². The molecule has 3 heteroatoms. The van der Waals surface area contributed by atoms with Crippen molar-refractivity contribution in [2.45, 2.75) is 53.5 Å². The predicted molar refractivity (Wildman–Crippen MR) is 83.8 cm³/mol. The van der Waals surface area contributed by atoms with Crippen molar-refractivity contribution in [3.63, 3.8) is 0 Å². The second kappa shape index (κ2) is 8.92. The van der Waals surface area contributed by atoms with E-state index < -0.39 is 0 Å². The van der Waals surface area contributed by atoms with E-state index in [1.165, 1.54) is 24.8 Å². The standard InChI is InChI=1S/C16H29N3/c1-5-8-12-19(7-3)16-10-9-15(14(4)18-16)13-17-11-6-2/h9-10,17H,5-8,11-13H2,1-4H3. The Morgan fingerprint density at radius 1 is 1.16 bits per heavy atom. The molecule has 3 nitrogen and oxygen atoms in total. The molecular weight excluding hydrogens is 234 g/mol. The highest BCUT2D eigenvalue weighted by Crippen LogP contribution is 2.15. The van der Waals surface area contributed by atoms with Crippen molar-refractivity contribution >= 4 is 5.82 Å². The average Bonchev–Trinajstić information content (AvgIpc) is 2.42. The van der Waals surface area contributed by atoms with Crippen LogP contribution in [0.1, 0.15) is 51.3 Å². The van der Waals surface area contributed by atoms with Crippen molar-refractivity contribution in [3.05, 3.63) is 23.4 Å². The summed E-state index contributed by atoms with van der Waals surface area (Å²) in [5, 5.41) is 3.44. The Balaban J connectivity index is 2.68. The molecule has 108 valence electrons. The Hall–Kier alpha value is -1.09. The van der Waals surface area contributed by atoms with Crippen LogP contribution in [0.15, 0.2) is 12.1 Å². The summed E-state index contributed by atoms with van der Waals surface area (Å²) in [6, 6.07) is 4.38. The molecule has 1 heterocycles. The molecule has 0 spiro atoms. The minimum Gasteiger partial charge on any atom is -0.357 e. The summed E-state index contributed by atoms with van der Waals surface area (Å²) in [7, 11) is 0. The maximum absolute atomic E-state index is 4.76. The second-order valence-electron chi connectivity index (χ2n) is 5.02. The average molecular weight is 263 g/mol. The van der Waals surface area contributed by atoms with Crippen molar-refractivity contribution in [1.82, 2.24) is 10.3 Å². The molecule has 0 bridgehead atoms. The molecule has 0 aliphatic heterocycles. The number of anilines is 1. The highest BCUT2D eigenvalue weighted by atomic mass is 15.2. The molecule has 19 heavy (non-hydrogen) atoms. The fourth-order valence-electron chi connectivity index (χ4n) is 2.12.